The summed E-state index contributed by atoms with van der Waals surface area (Å²) in [5.41, 5.74) is 8.57. The topological polar surface area (TPSA) is 73.8 Å². The molecule has 0 saturated heterocycles. The van der Waals surface area contributed by atoms with Crippen LogP contribution in [-0.4, -0.2) is 60.9 Å². The molecule has 0 heterocycles. The van der Waals surface area contributed by atoms with E-state index in [9.17, 15) is 0 Å². The van der Waals surface area contributed by atoms with Gasteiger partial charge in [-0.05, 0) is 127 Å². The van der Waals surface area contributed by atoms with E-state index >= 15 is 0 Å². The summed E-state index contributed by atoms with van der Waals surface area (Å²) in [7, 11) is -1.72. The Hall–Kier alpha value is -5.53. The van der Waals surface area contributed by atoms with Gasteiger partial charge in [0.05, 0.1) is 95.4 Å². The molecule has 8 nitrogen and oxygen atoms in total. The minimum atomic E-state index is -1.72. The van der Waals surface area contributed by atoms with Crippen LogP contribution >= 0.6 is 22.6 Å². The molecule has 0 saturated carbocycles. The van der Waals surface area contributed by atoms with E-state index in [1.54, 1.807) is 0 Å². The van der Waals surface area contributed by atoms with Gasteiger partial charge >= 0.3 is 0 Å². The zero-order chi connectivity index (χ0) is 62.6. The first-order valence-corrected chi connectivity index (χ1v) is 36.3. The van der Waals surface area contributed by atoms with Gasteiger partial charge in [-0.15, -0.1) is 5.54 Å². The number of ether oxygens (including phenoxy) is 8. The second-order valence-electron chi connectivity index (χ2n) is 26.8. The van der Waals surface area contributed by atoms with Crippen molar-refractivity contribution in [3.8, 4) is 93.0 Å². The quantitative estimate of drug-likeness (QED) is 0.0272. The third-order valence-corrected chi connectivity index (χ3v) is 15.2. The predicted octanol–water partition coefficient (Wildman–Crippen LogP) is 19.1. The Morgan fingerprint density at radius 2 is 0.435 bits per heavy atom. The molecule has 4 aromatic carbocycles. The molecule has 0 spiro atoms. The van der Waals surface area contributed by atoms with Gasteiger partial charge in [0.2, 0.25) is 0 Å². The lowest BCUT2D eigenvalue weighted by molar-refractivity contribution is 0.280. The summed E-state index contributed by atoms with van der Waals surface area (Å²) in [6.07, 6.45) is 7.15. The maximum absolute atomic E-state index is 6.71. The summed E-state index contributed by atoms with van der Waals surface area (Å²) in [4.78, 5) is 0. The van der Waals surface area contributed by atoms with Crippen LogP contribution in [0.15, 0.2) is 48.5 Å². The van der Waals surface area contributed by atoms with Crippen LogP contribution in [-0.2, 0) is 0 Å². The molecule has 4 aromatic rings. The highest BCUT2D eigenvalue weighted by Gasteiger charge is 2.19. The van der Waals surface area contributed by atoms with Crippen molar-refractivity contribution in [1.82, 2.24) is 0 Å². The third kappa shape index (κ3) is 28.2. The van der Waals surface area contributed by atoms with Crippen LogP contribution in [0.5, 0.6) is 46.0 Å². The van der Waals surface area contributed by atoms with Gasteiger partial charge in [0, 0.05) is 42.5 Å². The average Bonchev–Trinajstić information content (AvgIpc) is 3.36. The van der Waals surface area contributed by atoms with Crippen molar-refractivity contribution < 1.29 is 37.9 Å². The largest absolute Gasteiger partial charge is 0.492 e. The molecule has 464 valence electrons. The number of rotatable bonds is 32. The smallest absolute Gasteiger partial charge is 0.136 e. The first kappa shape index (κ1) is 71.9. The molecule has 0 bridgehead atoms. The Morgan fingerprint density at radius 1 is 0.271 bits per heavy atom. The lowest BCUT2D eigenvalue weighted by atomic mass is 10.0. The summed E-state index contributed by atoms with van der Waals surface area (Å²) >= 11 is 2.34. The maximum Gasteiger partial charge on any atom is 0.136 e. The molecule has 0 amide bonds. The summed E-state index contributed by atoms with van der Waals surface area (Å²) < 4.78 is 53.6. The average molecular weight is 1290 g/mol. The highest BCUT2D eigenvalue weighted by Crippen LogP contribution is 2.35. The van der Waals surface area contributed by atoms with E-state index in [1.165, 1.54) is 0 Å². The van der Waals surface area contributed by atoms with Crippen LogP contribution in [0.2, 0.25) is 19.6 Å². The molecule has 0 aromatic heterocycles. The number of hydrogen-bond acceptors (Lipinski definition) is 8. The van der Waals surface area contributed by atoms with Gasteiger partial charge < -0.3 is 37.9 Å². The van der Waals surface area contributed by atoms with Crippen LogP contribution < -0.4 is 37.9 Å². The summed E-state index contributed by atoms with van der Waals surface area (Å²) in [6.45, 7) is 46.4. The van der Waals surface area contributed by atoms with Crippen molar-refractivity contribution in [2.24, 2.45) is 47.3 Å². The lowest BCUT2D eigenvalue weighted by Crippen LogP contribution is -2.16. The van der Waals surface area contributed by atoms with E-state index in [0.717, 1.165) is 83.1 Å². The molecular formula is C75H105IO8Si. The molecule has 0 unspecified atom stereocenters. The predicted molar refractivity (Wildman–Crippen MR) is 366 cm³/mol. The van der Waals surface area contributed by atoms with Crippen molar-refractivity contribution in [3.05, 3.63) is 91.0 Å². The van der Waals surface area contributed by atoms with Gasteiger partial charge in [0.25, 0.3) is 0 Å². The van der Waals surface area contributed by atoms with Crippen LogP contribution in [0.3, 0.4) is 0 Å². The zero-order valence-corrected chi connectivity index (χ0v) is 58.9. The van der Waals surface area contributed by atoms with E-state index in [1.807, 2.05) is 48.5 Å². The molecule has 0 radical (unpaired) electrons. The van der Waals surface area contributed by atoms with Gasteiger partial charge in [-0.3, -0.25) is 0 Å². The molecule has 10 heteroatoms. The SMILES string of the molecule is CC(C)CCOc1cc(C#Cc2cc(OCCC(C)C)c(C#Cc3cc(OCCC(C)C)c(C#Cc4cc(OCCC(C)C)c(C#C[Si](C)(C)C)cc4OCCC(C)C)cc3OCCC(C)C)cc2OCCC(C)C)c(OCCC(C)C)cc1I. The van der Waals surface area contributed by atoms with Gasteiger partial charge in [0.1, 0.15) is 54.1 Å². The van der Waals surface area contributed by atoms with Crippen LogP contribution in [0.1, 0.15) is 201 Å². The fraction of sp³-hybridized carbons (Fsp3) is 0.573. The Balaban J connectivity index is 2.03. The van der Waals surface area contributed by atoms with E-state index in [4.69, 9.17) is 37.9 Å². The number of hydrogen-bond donors (Lipinski definition) is 0. The van der Waals surface area contributed by atoms with Crippen LogP contribution in [0, 0.1) is 97.9 Å². The summed E-state index contributed by atoms with van der Waals surface area (Å²) in [5, 5.41) is 0. The Morgan fingerprint density at radius 3 is 0.624 bits per heavy atom. The van der Waals surface area contributed by atoms with E-state index in [0.29, 0.717) is 157 Å². The van der Waals surface area contributed by atoms with E-state index < -0.39 is 8.07 Å². The van der Waals surface area contributed by atoms with Crippen LogP contribution in [0.4, 0.5) is 0 Å². The third-order valence-electron chi connectivity index (χ3n) is 13.5. The fourth-order valence-corrected chi connectivity index (χ4v) is 8.84. The van der Waals surface area contributed by atoms with Gasteiger partial charge in [-0.1, -0.05) is 172 Å². The second-order valence-corrected chi connectivity index (χ2v) is 32.7. The highest BCUT2D eigenvalue weighted by atomic mass is 127. The molecule has 0 fully saturated rings. The Labute approximate surface area is 531 Å². The zero-order valence-electron chi connectivity index (χ0n) is 55.7. The Bertz CT molecular complexity index is 2970. The molecule has 4 rings (SSSR count). The van der Waals surface area contributed by atoms with Crippen molar-refractivity contribution in [1.29, 1.82) is 0 Å². The van der Waals surface area contributed by atoms with Crippen molar-refractivity contribution in [2.75, 3.05) is 52.9 Å². The van der Waals surface area contributed by atoms with Gasteiger partial charge in [-0.25, -0.2) is 0 Å². The van der Waals surface area contributed by atoms with Crippen LogP contribution in [0.25, 0.3) is 0 Å². The molecule has 0 aliphatic carbocycles. The van der Waals surface area contributed by atoms with Gasteiger partial charge in [-0.2, -0.15) is 0 Å². The summed E-state index contributed by atoms with van der Waals surface area (Å²) in [5.74, 6) is 33.8. The Kier molecular flexibility index (Phi) is 31.5. The summed E-state index contributed by atoms with van der Waals surface area (Å²) in [6, 6.07) is 16.0. The molecule has 0 N–H and O–H groups in total. The molecule has 85 heavy (non-hydrogen) atoms. The van der Waals surface area contributed by atoms with Crippen molar-refractivity contribution in [2.45, 2.75) is 182 Å². The monoisotopic (exact) mass is 1290 g/mol. The standard InChI is InChI=1S/C75H105IO8Si/c1-52(2)26-35-77-68-45-62(22-23-64-48-73(82-40-31-57(11)12)66(34-43-85(17,18)19)49-72(64)81-39-30-56(9)10)69(78-36-27-53(3)4)44-60(68)20-21-61-46-71(80-38-29-55(7)8)63(47-70(61)79-37-28-54(5)6)24-25-65-50-75(84-42-33-59(15)16)67(76)51-74(65)83-41-32-58(13)14/h44-59H,26-33,35-42H2,1-19H3. The highest BCUT2D eigenvalue weighted by molar-refractivity contribution is 14.1. The molecule has 0 aliphatic heterocycles. The minimum Gasteiger partial charge on any atom is -0.492 e. The van der Waals surface area contributed by atoms with Crippen molar-refractivity contribution in [3.63, 3.8) is 0 Å². The minimum absolute atomic E-state index is 0.429. The van der Waals surface area contributed by atoms with E-state index in [2.05, 4.69) is 200 Å². The maximum atomic E-state index is 6.71. The van der Waals surface area contributed by atoms with E-state index in [-0.39, 0.29) is 0 Å². The lowest BCUT2D eigenvalue weighted by Gasteiger charge is -2.16. The molecule has 0 atom stereocenters. The number of benzene rings is 4. The first-order valence-electron chi connectivity index (χ1n) is 31.8. The fourth-order valence-electron chi connectivity index (χ4n) is 7.74. The molecular weight excluding hydrogens is 1180 g/mol. The normalized spacial score (nSPS) is 11.3. The van der Waals surface area contributed by atoms with Crippen molar-refractivity contribution >= 4 is 30.7 Å². The van der Waals surface area contributed by atoms with Gasteiger partial charge in [0.15, 0.2) is 0 Å². The first-order chi connectivity index (χ1) is 40.3. The number of halogens is 1. The second kappa shape index (κ2) is 37.2. The molecule has 0 aliphatic rings.